The van der Waals surface area contributed by atoms with Crippen molar-refractivity contribution in [1.29, 1.82) is 0 Å². The van der Waals surface area contributed by atoms with Gasteiger partial charge in [0.2, 0.25) is 10.9 Å². The topological polar surface area (TPSA) is 96.5 Å². The van der Waals surface area contributed by atoms with Gasteiger partial charge in [-0.1, -0.05) is 29.5 Å². The lowest BCUT2D eigenvalue weighted by Crippen LogP contribution is -2.41. The van der Waals surface area contributed by atoms with Gasteiger partial charge in [0, 0.05) is 37.6 Å². The molecule has 10 heteroatoms. The Kier molecular flexibility index (Phi) is 8.22. The molecule has 0 bridgehead atoms. The monoisotopic (exact) mass is 421 g/mol. The molecule has 0 atom stereocenters. The molecule has 1 aliphatic heterocycles. The predicted octanol–water partition coefficient (Wildman–Crippen LogP) is 1.47. The Hall–Kier alpha value is -2.01. The maximum atomic E-state index is 12.2. The van der Waals surface area contributed by atoms with E-state index in [9.17, 15) is 9.59 Å². The summed E-state index contributed by atoms with van der Waals surface area (Å²) in [6.45, 7) is 4.84. The highest BCUT2D eigenvalue weighted by Crippen LogP contribution is 2.18. The lowest BCUT2D eigenvalue weighted by atomic mass is 10.3. The average Bonchev–Trinajstić information content (AvgIpc) is 3.19. The van der Waals surface area contributed by atoms with Crippen LogP contribution in [-0.2, 0) is 15.3 Å². The molecule has 0 spiro atoms. The molecule has 1 aromatic carbocycles. The second-order valence-corrected chi connectivity index (χ2v) is 8.17. The Morgan fingerprint density at radius 1 is 1.18 bits per heavy atom. The molecule has 8 nitrogen and oxygen atoms in total. The molecule has 3 rings (SSSR count). The summed E-state index contributed by atoms with van der Waals surface area (Å²) >= 11 is 2.70. The third-order valence-corrected chi connectivity index (χ3v) is 6.05. The van der Waals surface area contributed by atoms with E-state index in [-0.39, 0.29) is 11.8 Å². The van der Waals surface area contributed by atoms with Gasteiger partial charge in [0.1, 0.15) is 5.01 Å². The number of carbonyl (C=O) groups is 2. The van der Waals surface area contributed by atoms with E-state index in [1.807, 2.05) is 30.3 Å². The molecule has 0 saturated carbocycles. The molecule has 2 N–H and O–H groups in total. The second-order valence-electron chi connectivity index (χ2n) is 6.12. The zero-order valence-corrected chi connectivity index (χ0v) is 17.1. The molecule has 150 valence electrons. The fourth-order valence-corrected chi connectivity index (χ4v) is 4.21. The summed E-state index contributed by atoms with van der Waals surface area (Å²) in [4.78, 5) is 26.4. The minimum atomic E-state index is -0.277. The minimum absolute atomic E-state index is 0.00446. The van der Waals surface area contributed by atoms with E-state index in [4.69, 9.17) is 4.74 Å². The standard InChI is InChI=1S/C18H23N5O3S2/c24-15(19-6-7-23-8-10-26-11-9-23)12-27-13-16-21-22-18(28-16)17(25)20-14-4-2-1-3-5-14/h1-5H,6-13H2,(H,19,24)(H,20,25). The summed E-state index contributed by atoms with van der Waals surface area (Å²) < 4.78 is 5.30. The minimum Gasteiger partial charge on any atom is -0.379 e. The van der Waals surface area contributed by atoms with Gasteiger partial charge >= 0.3 is 0 Å². The van der Waals surface area contributed by atoms with Gasteiger partial charge < -0.3 is 15.4 Å². The van der Waals surface area contributed by atoms with Crippen molar-refractivity contribution in [3.63, 3.8) is 0 Å². The first-order chi connectivity index (χ1) is 13.7. The summed E-state index contributed by atoms with van der Waals surface area (Å²) in [5.74, 6) is 0.632. The number of amides is 2. The van der Waals surface area contributed by atoms with Gasteiger partial charge in [0.05, 0.1) is 19.0 Å². The number of benzene rings is 1. The van der Waals surface area contributed by atoms with Crippen molar-refractivity contribution < 1.29 is 14.3 Å². The number of nitrogens with zero attached hydrogens (tertiary/aromatic N) is 3. The number of thioether (sulfide) groups is 1. The fraction of sp³-hybridized carbons (Fsp3) is 0.444. The third kappa shape index (κ3) is 6.86. The van der Waals surface area contributed by atoms with Crippen LogP contribution in [0.25, 0.3) is 0 Å². The van der Waals surface area contributed by atoms with Crippen LogP contribution in [0.3, 0.4) is 0 Å². The van der Waals surface area contributed by atoms with Gasteiger partial charge in [-0.25, -0.2) is 0 Å². The van der Waals surface area contributed by atoms with Crippen molar-refractivity contribution in [3.8, 4) is 0 Å². The molecule has 0 radical (unpaired) electrons. The molecule has 2 amide bonds. The maximum Gasteiger partial charge on any atom is 0.286 e. The van der Waals surface area contributed by atoms with Crippen molar-refractivity contribution in [1.82, 2.24) is 20.4 Å². The number of carbonyl (C=O) groups excluding carboxylic acids is 2. The average molecular weight is 422 g/mol. The quantitative estimate of drug-likeness (QED) is 0.633. The Balaban J connectivity index is 1.32. The number of aromatic nitrogens is 2. The summed E-state index contributed by atoms with van der Waals surface area (Å²) in [5.41, 5.74) is 0.715. The molecular formula is C18H23N5O3S2. The highest BCUT2D eigenvalue weighted by atomic mass is 32.2. The second kappa shape index (κ2) is 11.1. The van der Waals surface area contributed by atoms with Crippen LogP contribution in [0.15, 0.2) is 30.3 Å². The van der Waals surface area contributed by atoms with Crippen LogP contribution >= 0.6 is 23.1 Å². The van der Waals surface area contributed by atoms with E-state index in [1.165, 1.54) is 23.1 Å². The Bertz CT molecular complexity index is 766. The van der Waals surface area contributed by atoms with E-state index in [0.29, 0.717) is 28.7 Å². The maximum absolute atomic E-state index is 12.2. The first-order valence-electron chi connectivity index (χ1n) is 9.04. The zero-order valence-electron chi connectivity index (χ0n) is 15.4. The molecule has 0 aliphatic carbocycles. The van der Waals surface area contributed by atoms with Gasteiger partial charge in [-0.15, -0.1) is 22.0 Å². The van der Waals surface area contributed by atoms with E-state index in [1.54, 1.807) is 0 Å². The number of hydrogen-bond donors (Lipinski definition) is 2. The Morgan fingerprint density at radius 3 is 2.75 bits per heavy atom. The number of rotatable bonds is 9. The lowest BCUT2D eigenvalue weighted by Gasteiger charge is -2.26. The zero-order chi connectivity index (χ0) is 19.6. The van der Waals surface area contributed by atoms with Crippen LogP contribution in [0, 0.1) is 0 Å². The van der Waals surface area contributed by atoms with Crippen LogP contribution < -0.4 is 10.6 Å². The molecule has 2 aromatic rings. The number of morpholine rings is 1. The number of ether oxygens (including phenoxy) is 1. The van der Waals surface area contributed by atoms with Gasteiger partial charge in [0.15, 0.2) is 0 Å². The smallest absolute Gasteiger partial charge is 0.286 e. The van der Waals surface area contributed by atoms with Gasteiger partial charge in [-0.05, 0) is 12.1 Å². The van der Waals surface area contributed by atoms with E-state index >= 15 is 0 Å². The van der Waals surface area contributed by atoms with Gasteiger partial charge in [-0.2, -0.15) is 0 Å². The summed E-state index contributed by atoms with van der Waals surface area (Å²) in [7, 11) is 0. The van der Waals surface area contributed by atoms with Crippen molar-refractivity contribution in [2.45, 2.75) is 5.75 Å². The Morgan fingerprint density at radius 2 is 1.96 bits per heavy atom. The summed E-state index contributed by atoms with van der Waals surface area (Å²) in [6.07, 6.45) is 0. The fourth-order valence-electron chi connectivity index (χ4n) is 2.57. The molecule has 1 saturated heterocycles. The molecule has 2 heterocycles. The largest absolute Gasteiger partial charge is 0.379 e. The lowest BCUT2D eigenvalue weighted by molar-refractivity contribution is -0.118. The first-order valence-corrected chi connectivity index (χ1v) is 11.0. The molecule has 28 heavy (non-hydrogen) atoms. The molecule has 0 unspecified atom stereocenters. The van der Waals surface area contributed by atoms with E-state index in [0.717, 1.165) is 37.9 Å². The van der Waals surface area contributed by atoms with Gasteiger partial charge in [0.25, 0.3) is 5.91 Å². The highest BCUT2D eigenvalue weighted by Gasteiger charge is 2.14. The van der Waals surface area contributed by atoms with E-state index < -0.39 is 0 Å². The van der Waals surface area contributed by atoms with Crippen molar-refractivity contribution >= 4 is 40.6 Å². The van der Waals surface area contributed by atoms with Crippen LogP contribution in [0.1, 0.15) is 14.8 Å². The predicted molar refractivity (Wildman–Crippen MR) is 111 cm³/mol. The molecular weight excluding hydrogens is 398 g/mol. The van der Waals surface area contributed by atoms with Gasteiger partial charge in [-0.3, -0.25) is 14.5 Å². The van der Waals surface area contributed by atoms with E-state index in [2.05, 4.69) is 25.7 Å². The summed E-state index contributed by atoms with van der Waals surface area (Å²) in [5, 5.41) is 14.7. The molecule has 1 aromatic heterocycles. The SMILES string of the molecule is O=C(CSCc1nnc(C(=O)Nc2ccccc2)s1)NCCN1CCOCC1. The number of anilines is 1. The third-order valence-electron chi connectivity index (χ3n) is 4.01. The van der Waals surface area contributed by atoms with Crippen LogP contribution in [0.4, 0.5) is 5.69 Å². The first kappa shape index (κ1) is 20.7. The molecule has 1 aliphatic rings. The van der Waals surface area contributed by atoms with Crippen molar-refractivity contribution in [2.24, 2.45) is 0 Å². The number of para-hydroxylation sites is 1. The summed E-state index contributed by atoms with van der Waals surface area (Å²) in [6, 6.07) is 9.21. The van der Waals surface area contributed by atoms with Crippen LogP contribution in [-0.4, -0.2) is 72.1 Å². The normalized spacial score (nSPS) is 14.6. The van der Waals surface area contributed by atoms with Crippen LogP contribution in [0.2, 0.25) is 0 Å². The number of nitrogens with one attached hydrogen (secondary N) is 2. The van der Waals surface area contributed by atoms with Crippen LogP contribution in [0.5, 0.6) is 0 Å². The number of hydrogen-bond acceptors (Lipinski definition) is 8. The molecule has 1 fully saturated rings. The Labute approximate surface area is 172 Å². The highest BCUT2D eigenvalue weighted by molar-refractivity contribution is 7.99. The van der Waals surface area contributed by atoms with Crippen molar-refractivity contribution in [2.75, 3.05) is 50.5 Å². The van der Waals surface area contributed by atoms with Crippen molar-refractivity contribution in [3.05, 3.63) is 40.3 Å².